The van der Waals surface area contributed by atoms with Crippen LogP contribution in [0.5, 0.6) is 0 Å². The van der Waals surface area contributed by atoms with Crippen LogP contribution in [0.2, 0.25) is 0 Å². The molecule has 0 bridgehead atoms. The Morgan fingerprint density at radius 1 is 1.38 bits per heavy atom. The van der Waals surface area contributed by atoms with Gasteiger partial charge in [-0.1, -0.05) is 0 Å². The van der Waals surface area contributed by atoms with Crippen molar-refractivity contribution in [3.05, 3.63) is 33.9 Å². The molecule has 0 spiro atoms. The van der Waals surface area contributed by atoms with Gasteiger partial charge in [-0.2, -0.15) is 0 Å². The normalized spacial score (nSPS) is 18.9. The van der Waals surface area contributed by atoms with Crippen molar-refractivity contribution >= 4 is 21.5 Å². The lowest BCUT2D eigenvalue weighted by Gasteiger charge is -2.20. The first kappa shape index (κ1) is 13.8. The Hall–Kier alpha value is -2.16. The molecule has 1 fully saturated rings. The first-order chi connectivity index (χ1) is 9.87. The number of H-pyrrole nitrogens is 1. The van der Waals surface area contributed by atoms with Crippen LogP contribution in [-0.2, 0) is 9.84 Å². The van der Waals surface area contributed by atoms with Crippen molar-refractivity contribution in [1.82, 2.24) is 14.6 Å². The predicted molar refractivity (Wildman–Crippen MR) is 73.4 cm³/mol. The summed E-state index contributed by atoms with van der Waals surface area (Å²) >= 11 is 0. The van der Waals surface area contributed by atoms with Gasteiger partial charge in [0, 0.05) is 23.9 Å². The predicted octanol–water partition coefficient (Wildman–Crippen LogP) is 0.0130. The Morgan fingerprint density at radius 3 is 2.67 bits per heavy atom. The number of nitrogens with zero attached hydrogens (tertiary/aromatic N) is 2. The van der Waals surface area contributed by atoms with Crippen molar-refractivity contribution in [1.29, 1.82) is 0 Å². The molecule has 0 atom stereocenters. The molecule has 9 heteroatoms. The number of carbonyl (C=O) groups is 1. The molecule has 0 aliphatic carbocycles. The Labute approximate surface area is 119 Å². The Morgan fingerprint density at radius 2 is 2.05 bits per heavy atom. The smallest absolute Gasteiger partial charge is 0.343 e. The van der Waals surface area contributed by atoms with Crippen LogP contribution in [0, 0.1) is 0 Å². The first-order valence-electron chi connectivity index (χ1n) is 6.42. The number of hydrogen-bond acceptors (Lipinski definition) is 5. The second-order valence-corrected chi connectivity index (χ2v) is 7.42. The third-order valence-electron chi connectivity index (χ3n) is 3.74. The molecule has 1 aliphatic heterocycles. The summed E-state index contributed by atoms with van der Waals surface area (Å²) in [5, 5.41) is 11.7. The monoisotopic (exact) mass is 311 g/mol. The molecule has 2 aromatic rings. The quantitative estimate of drug-likeness (QED) is 0.806. The molecule has 0 saturated carbocycles. The summed E-state index contributed by atoms with van der Waals surface area (Å²) in [6.07, 6.45) is 1.99. The minimum atomic E-state index is -2.96. The van der Waals surface area contributed by atoms with Crippen LogP contribution in [0.15, 0.2) is 17.1 Å². The Kier molecular flexibility index (Phi) is 3.08. The molecule has 1 aliphatic rings. The van der Waals surface area contributed by atoms with Crippen LogP contribution in [-0.4, -0.2) is 45.6 Å². The lowest BCUT2D eigenvalue weighted by molar-refractivity contribution is 0.0694. The van der Waals surface area contributed by atoms with Crippen LogP contribution in [0.25, 0.3) is 5.65 Å². The number of aromatic nitrogens is 3. The summed E-state index contributed by atoms with van der Waals surface area (Å²) in [5.41, 5.74) is -0.0558. The molecule has 8 nitrogen and oxygen atoms in total. The number of hydrogen-bond donors (Lipinski definition) is 2. The number of aromatic carboxylic acids is 1. The van der Waals surface area contributed by atoms with Crippen molar-refractivity contribution in [2.75, 3.05) is 11.5 Å². The zero-order chi connectivity index (χ0) is 15.2. The largest absolute Gasteiger partial charge is 0.477 e. The van der Waals surface area contributed by atoms with Gasteiger partial charge >= 0.3 is 5.97 Å². The van der Waals surface area contributed by atoms with Gasteiger partial charge in [-0.05, 0) is 12.8 Å². The van der Waals surface area contributed by atoms with Crippen LogP contribution >= 0.6 is 0 Å². The summed E-state index contributed by atoms with van der Waals surface area (Å²) in [5.74, 6) is -1.09. The van der Waals surface area contributed by atoms with E-state index in [0.717, 1.165) is 10.7 Å². The summed E-state index contributed by atoms with van der Waals surface area (Å²) < 4.78 is 23.9. The van der Waals surface area contributed by atoms with Crippen LogP contribution < -0.4 is 5.56 Å². The average Bonchev–Trinajstić information content (AvgIpc) is 2.83. The Bertz CT molecular complexity index is 866. The van der Waals surface area contributed by atoms with Crippen LogP contribution in [0.3, 0.4) is 0 Å². The molecule has 2 N–H and O–H groups in total. The second-order valence-electron chi connectivity index (χ2n) is 5.11. The summed E-state index contributed by atoms with van der Waals surface area (Å²) in [7, 11) is -2.96. The van der Waals surface area contributed by atoms with Gasteiger partial charge in [0.2, 0.25) is 0 Å². The fourth-order valence-electron chi connectivity index (χ4n) is 2.54. The van der Waals surface area contributed by atoms with Gasteiger partial charge < -0.3 is 5.11 Å². The van der Waals surface area contributed by atoms with E-state index < -0.39 is 26.9 Å². The van der Waals surface area contributed by atoms with Crippen LogP contribution in [0.1, 0.15) is 34.8 Å². The minimum absolute atomic E-state index is 0.00269. The molecule has 0 aromatic carbocycles. The first-order valence-corrected chi connectivity index (χ1v) is 8.24. The standard InChI is InChI=1S/C12H13N3O5S/c16-11-8(12(17)18)6-13-10-5-9(14-15(10)11)7-1-3-21(19,20)4-2-7/h5-7,14H,1-4H2,(H,17,18). The van der Waals surface area contributed by atoms with Crippen molar-refractivity contribution in [2.24, 2.45) is 0 Å². The van der Waals surface area contributed by atoms with Crippen molar-refractivity contribution in [2.45, 2.75) is 18.8 Å². The van der Waals surface area contributed by atoms with E-state index in [1.807, 2.05) is 0 Å². The van der Waals surface area contributed by atoms with Gasteiger partial charge in [0.15, 0.2) is 5.65 Å². The lowest BCUT2D eigenvalue weighted by Crippen LogP contribution is -2.24. The third-order valence-corrected chi connectivity index (χ3v) is 5.45. The highest BCUT2D eigenvalue weighted by atomic mass is 32.2. The lowest BCUT2D eigenvalue weighted by atomic mass is 9.99. The van der Waals surface area contributed by atoms with Gasteiger partial charge in [0.05, 0.1) is 11.5 Å². The maximum Gasteiger partial charge on any atom is 0.343 e. The molecule has 2 aromatic heterocycles. The molecular formula is C12H13N3O5S. The van der Waals surface area contributed by atoms with E-state index in [1.54, 1.807) is 6.07 Å². The molecule has 3 rings (SSSR count). The topological polar surface area (TPSA) is 122 Å². The van der Waals surface area contributed by atoms with Crippen molar-refractivity contribution in [3.8, 4) is 0 Å². The molecule has 3 heterocycles. The minimum Gasteiger partial charge on any atom is -0.477 e. The molecular weight excluding hydrogens is 298 g/mol. The highest BCUT2D eigenvalue weighted by Gasteiger charge is 2.26. The van der Waals surface area contributed by atoms with E-state index >= 15 is 0 Å². The molecule has 0 radical (unpaired) electrons. The van der Waals surface area contributed by atoms with Gasteiger partial charge in [0.1, 0.15) is 15.4 Å². The van der Waals surface area contributed by atoms with Gasteiger partial charge in [-0.25, -0.2) is 22.7 Å². The maximum atomic E-state index is 12.0. The molecule has 21 heavy (non-hydrogen) atoms. The summed E-state index contributed by atoms with van der Waals surface area (Å²) in [6.45, 7) is 0. The Balaban J connectivity index is 2.01. The maximum absolute atomic E-state index is 12.0. The number of fused-ring (bicyclic) bond motifs is 1. The number of carboxylic acid groups (broad SMARTS) is 1. The van der Waals surface area contributed by atoms with Crippen molar-refractivity contribution in [3.63, 3.8) is 0 Å². The highest BCUT2D eigenvalue weighted by Crippen LogP contribution is 2.28. The molecule has 0 amide bonds. The van der Waals surface area contributed by atoms with E-state index in [2.05, 4.69) is 10.1 Å². The SMILES string of the molecule is O=C(O)c1cnc2cc(C3CCS(=O)(=O)CC3)[nH]n2c1=O. The van der Waals surface area contributed by atoms with E-state index in [-0.39, 0.29) is 17.4 Å². The molecule has 1 saturated heterocycles. The van der Waals surface area contributed by atoms with E-state index in [1.165, 1.54) is 0 Å². The summed E-state index contributed by atoms with van der Waals surface area (Å²) in [4.78, 5) is 26.8. The molecule has 112 valence electrons. The zero-order valence-electron chi connectivity index (χ0n) is 10.9. The fourth-order valence-corrected chi connectivity index (χ4v) is 4.03. The van der Waals surface area contributed by atoms with Gasteiger partial charge in [0.25, 0.3) is 5.56 Å². The van der Waals surface area contributed by atoms with Crippen LogP contribution in [0.4, 0.5) is 0 Å². The van der Waals surface area contributed by atoms with Gasteiger partial charge in [-0.3, -0.25) is 9.89 Å². The number of aromatic amines is 1. The number of nitrogens with one attached hydrogen (secondary N) is 1. The number of sulfone groups is 1. The van der Waals surface area contributed by atoms with E-state index in [0.29, 0.717) is 24.2 Å². The average molecular weight is 311 g/mol. The second kappa shape index (κ2) is 4.69. The number of carboxylic acids is 1. The van der Waals surface area contributed by atoms with E-state index in [9.17, 15) is 18.0 Å². The third kappa shape index (κ3) is 2.44. The highest BCUT2D eigenvalue weighted by molar-refractivity contribution is 7.91. The zero-order valence-corrected chi connectivity index (χ0v) is 11.8. The molecule has 0 unspecified atom stereocenters. The van der Waals surface area contributed by atoms with Crippen molar-refractivity contribution < 1.29 is 18.3 Å². The van der Waals surface area contributed by atoms with Gasteiger partial charge in [-0.15, -0.1) is 0 Å². The number of rotatable bonds is 2. The summed E-state index contributed by atoms with van der Waals surface area (Å²) in [6, 6.07) is 1.66. The van der Waals surface area contributed by atoms with E-state index in [4.69, 9.17) is 5.11 Å². The fraction of sp³-hybridized carbons (Fsp3) is 0.417.